The van der Waals surface area contributed by atoms with E-state index in [9.17, 15) is 0 Å². The number of aromatic amines is 4. The van der Waals surface area contributed by atoms with Crippen LogP contribution in [-0.4, -0.2) is 67.2 Å². The van der Waals surface area contributed by atoms with Crippen LogP contribution in [0.2, 0.25) is 0 Å². The molecule has 20 aromatic rings. The van der Waals surface area contributed by atoms with Gasteiger partial charge >= 0.3 is 0 Å². The third-order valence-corrected chi connectivity index (χ3v) is 29.9. The maximum atomic E-state index is 6.05. The highest BCUT2D eigenvalue weighted by Gasteiger charge is 2.47. The fourth-order valence-corrected chi connectivity index (χ4v) is 24.0. The minimum Gasteiger partial charge on any atom is -0.360 e. The molecule has 0 saturated carbocycles. The van der Waals surface area contributed by atoms with Crippen LogP contribution in [0.25, 0.3) is 163 Å². The Labute approximate surface area is 754 Å². The summed E-state index contributed by atoms with van der Waals surface area (Å²) in [5.41, 5.74) is 43.9. The Morgan fingerprint density at radius 1 is 0.303 bits per heavy atom. The molecule has 0 radical (unpaired) electrons. The first-order chi connectivity index (χ1) is 65.3. The van der Waals surface area contributed by atoms with E-state index < -0.39 is 0 Å². The highest BCUT2D eigenvalue weighted by atomic mass is 15.2. The second-order valence-corrected chi connectivity index (χ2v) is 37.0. The van der Waals surface area contributed by atoms with Crippen molar-refractivity contribution in [2.75, 3.05) is 0 Å². The van der Waals surface area contributed by atoms with E-state index >= 15 is 0 Å². The van der Waals surface area contributed by atoms with Crippen molar-refractivity contribution < 1.29 is 0 Å². The van der Waals surface area contributed by atoms with E-state index in [4.69, 9.17) is 49.9 Å². The molecule has 8 atom stereocenters. The standard InChI is InChI=1S/C116H72N16/c1-4-16-57(17-5-1)96-67-46-60-22-10-28-70(82(60)50-67)84-41-36-78-107(117-84)108-79(37-43-87(120-108)73-30-11-23-61-51-91(96)124-99(61)73)112-111(78)129-115(130-112)68-47-66(90-56-83-71-34-40-85-72-29-12-24-62-52-92(125-100(62)72)97(58-18-6-2-7-19-58)93-53-63-25-13-31-74(101(63)126-93)86-42-35-77(104(83)123-90)106(119-86)105(71)118-85)48-69(49-68)116-131-113-80-38-44-88-75-32-14-26-64-54-94(127-102(64)75)98(59-20-8-3-9-21-59)95-55-65-27-15-33-76(103(65)128-95)89-45-39-81(114(113)132-116)110(122-89)109(80)121-88/h1-49,51-55,83,96,98,104,111-114,124-125,127-128H,50,56H2,(H,129,130)(H,131,132). The number of hydrogen-bond donors (Lipinski definition) is 6. The summed E-state index contributed by atoms with van der Waals surface area (Å²) in [4.78, 5) is 74.4. The highest BCUT2D eigenvalue weighted by Crippen LogP contribution is 2.57. The summed E-state index contributed by atoms with van der Waals surface area (Å²) in [5, 5.41) is 14.7. The maximum Gasteiger partial charge on any atom is 0.129 e. The number of rotatable bonds is 6. The Hall–Kier alpha value is -17.0. The fraction of sp³-hybridized carbons (Fsp3) is 0.0862. The summed E-state index contributed by atoms with van der Waals surface area (Å²) in [6.45, 7) is 0. The molecular weight excluding hydrogens is 1620 g/mol. The zero-order chi connectivity index (χ0) is 85.6. The maximum absolute atomic E-state index is 6.05. The average Bonchev–Trinajstić information content (AvgIpc) is 1.57. The van der Waals surface area contributed by atoms with E-state index in [1.807, 2.05) is 0 Å². The zero-order valence-corrected chi connectivity index (χ0v) is 70.7. The molecule has 8 unspecified atom stereocenters. The van der Waals surface area contributed by atoms with Crippen LogP contribution in [0, 0.1) is 0 Å². The van der Waals surface area contributed by atoms with Gasteiger partial charge in [0.15, 0.2) is 0 Å². The van der Waals surface area contributed by atoms with E-state index in [2.05, 4.69) is 358 Å². The quantitative estimate of drug-likeness (QED) is 0.0940. The SMILES string of the molecule is C1=C2Cc3c1cccc3-c1ccc3c(n1)-c1nc(ccc1C1N=C(c4cc(C5=NC6c7ccc8nc7-c7nc(ccc7C6C5)-c5cccc6cc([nH]c56)C(c5ccccc5)=C5C=c6cccc-8c6=N5)cc(C5=NC6c7ccc8nc7-c7nc(ccc7C6N5)-c5cccc6cc([nH]c56)C(c5ccccc5)c5cc6cccc-8c6[nH]5)c4)NC31)-c1cccc3cc([nH]c13)C2c1ccccc1. The Morgan fingerprint density at radius 3 is 1.28 bits per heavy atom. The van der Waals surface area contributed by atoms with Crippen LogP contribution in [0.5, 0.6) is 0 Å². The van der Waals surface area contributed by atoms with Crippen molar-refractivity contribution in [2.45, 2.75) is 60.8 Å². The van der Waals surface area contributed by atoms with Gasteiger partial charge in [-0.2, -0.15) is 0 Å². The zero-order valence-electron chi connectivity index (χ0n) is 70.7. The number of para-hydroxylation sites is 5. The van der Waals surface area contributed by atoms with Crippen LogP contribution >= 0.6 is 0 Å². The molecule has 0 fully saturated rings. The molecule has 616 valence electrons. The summed E-state index contributed by atoms with van der Waals surface area (Å²) in [6.07, 6.45) is 6.05. The highest BCUT2D eigenvalue weighted by molar-refractivity contribution is 6.12. The van der Waals surface area contributed by atoms with Gasteiger partial charge in [0, 0.05) is 145 Å². The summed E-state index contributed by atoms with van der Waals surface area (Å²) in [5.74, 6) is 1.30. The van der Waals surface area contributed by atoms with Crippen LogP contribution in [0.3, 0.4) is 0 Å². The molecule has 0 amide bonds. The molecule has 0 spiro atoms. The topological polar surface area (TPSA) is 214 Å². The second-order valence-electron chi connectivity index (χ2n) is 37.0. The minimum absolute atomic E-state index is 0.00102. The number of aromatic nitrogens is 10. The van der Waals surface area contributed by atoms with Gasteiger partial charge in [-0.15, -0.1) is 0 Å². The first-order valence-electron chi connectivity index (χ1n) is 45.7. The summed E-state index contributed by atoms with van der Waals surface area (Å²) in [7, 11) is 0. The second kappa shape index (κ2) is 26.4. The fourth-order valence-electron chi connectivity index (χ4n) is 24.0. The van der Waals surface area contributed by atoms with Crippen LogP contribution in [-0.2, 0) is 6.42 Å². The number of H-pyrrole nitrogens is 4. The number of fused-ring (bicyclic) bond motifs is 27. The molecule has 11 aliphatic rings. The van der Waals surface area contributed by atoms with Gasteiger partial charge in [-0.25, -0.2) is 34.9 Å². The van der Waals surface area contributed by atoms with Crippen molar-refractivity contribution in [1.82, 2.24) is 60.5 Å². The van der Waals surface area contributed by atoms with Gasteiger partial charge in [0.1, 0.15) is 23.8 Å². The van der Waals surface area contributed by atoms with E-state index in [0.29, 0.717) is 6.42 Å². The summed E-state index contributed by atoms with van der Waals surface area (Å²) < 4.78 is 0. The number of aliphatic imine (C=N–C) groups is 3. The van der Waals surface area contributed by atoms with Crippen molar-refractivity contribution in [3.63, 3.8) is 0 Å². The third-order valence-electron chi connectivity index (χ3n) is 29.9. The van der Waals surface area contributed by atoms with Crippen molar-refractivity contribution in [2.24, 2.45) is 20.0 Å². The molecule has 16 heteroatoms. The van der Waals surface area contributed by atoms with E-state index in [1.165, 1.54) is 27.8 Å². The molecule has 6 N–H and O–H groups in total. The molecule has 7 aliphatic heterocycles. The predicted molar refractivity (Wildman–Crippen MR) is 521 cm³/mol. The first-order valence-corrected chi connectivity index (χ1v) is 45.7. The van der Waals surface area contributed by atoms with Crippen LogP contribution in [0.15, 0.2) is 347 Å². The largest absolute Gasteiger partial charge is 0.360 e. The number of allylic oxidation sites excluding steroid dienone is 2. The van der Waals surface area contributed by atoms with E-state index in [-0.39, 0.29) is 48.0 Å². The molecule has 24 bridgehead atoms. The van der Waals surface area contributed by atoms with Gasteiger partial charge in [-0.3, -0.25) is 15.0 Å². The van der Waals surface area contributed by atoms with Gasteiger partial charge in [0.2, 0.25) is 0 Å². The van der Waals surface area contributed by atoms with Crippen molar-refractivity contribution in [3.8, 4) is 102 Å². The predicted octanol–water partition coefficient (Wildman–Crippen LogP) is 23.1. The molecule has 10 aromatic heterocycles. The Balaban J connectivity index is 0.581. The first kappa shape index (κ1) is 71.1. The molecule has 17 heterocycles. The molecule has 4 aliphatic carbocycles. The van der Waals surface area contributed by atoms with E-state index in [1.54, 1.807) is 0 Å². The summed E-state index contributed by atoms with van der Waals surface area (Å²) >= 11 is 0. The Kier molecular flexibility index (Phi) is 14.2. The van der Waals surface area contributed by atoms with Gasteiger partial charge < -0.3 is 30.6 Å². The lowest BCUT2D eigenvalue weighted by Gasteiger charge is -2.29. The average molecular weight is 1690 g/mol. The number of hydrogen-bond acceptors (Lipinski definition) is 12. The number of pyridine rings is 6. The number of benzene rings is 10. The number of nitrogens with zero attached hydrogens (tertiary/aromatic N) is 10. The monoisotopic (exact) mass is 1690 g/mol. The normalized spacial score (nSPS) is 19.5. The molecule has 132 heavy (non-hydrogen) atoms. The van der Waals surface area contributed by atoms with E-state index in [0.717, 1.165) is 269 Å². The van der Waals surface area contributed by atoms with Crippen molar-refractivity contribution in [1.29, 1.82) is 0 Å². The lowest BCUT2D eigenvalue weighted by Crippen LogP contribution is -2.29. The smallest absolute Gasteiger partial charge is 0.129 e. The van der Waals surface area contributed by atoms with Gasteiger partial charge in [-0.1, -0.05) is 248 Å². The van der Waals surface area contributed by atoms with Crippen LogP contribution < -0.4 is 21.2 Å². The lowest BCUT2D eigenvalue weighted by molar-refractivity contribution is 0.561. The minimum atomic E-state index is -0.389. The third kappa shape index (κ3) is 10.2. The Morgan fingerprint density at radius 2 is 0.727 bits per heavy atom. The van der Waals surface area contributed by atoms with Crippen LogP contribution in [0.1, 0.15) is 155 Å². The Bertz CT molecular complexity index is 8980. The molecule has 31 rings (SSSR count). The summed E-state index contributed by atoms with van der Waals surface area (Å²) in [6, 6.07) is 113. The van der Waals surface area contributed by atoms with Crippen molar-refractivity contribution in [3.05, 3.63) is 438 Å². The molecule has 0 saturated heterocycles. The number of amidine groups is 2. The van der Waals surface area contributed by atoms with Gasteiger partial charge in [0.05, 0.1) is 125 Å². The molecular formula is C116H72N16. The van der Waals surface area contributed by atoms with Gasteiger partial charge in [-0.05, 0) is 137 Å². The van der Waals surface area contributed by atoms with Crippen LogP contribution in [0.4, 0.5) is 0 Å². The molecule has 16 nitrogen and oxygen atoms in total. The van der Waals surface area contributed by atoms with Crippen molar-refractivity contribution >= 4 is 78.7 Å². The lowest BCUT2D eigenvalue weighted by atomic mass is 9.78. The van der Waals surface area contributed by atoms with Gasteiger partial charge in [0.25, 0.3) is 0 Å². The number of nitrogens with one attached hydrogen (secondary N) is 6. The molecule has 10 aromatic carbocycles.